The van der Waals surface area contributed by atoms with E-state index in [0.717, 1.165) is 0 Å². The Morgan fingerprint density at radius 2 is 1.80 bits per heavy atom. The Morgan fingerprint density at radius 3 is 1.80 bits per heavy atom. The minimum atomic E-state index is -5.04. The molecule has 10 heavy (non-hydrogen) atoms. The van der Waals surface area contributed by atoms with Gasteiger partial charge in [0, 0.05) is 0 Å². The molecule has 0 aliphatic rings. The summed E-state index contributed by atoms with van der Waals surface area (Å²) in [6.45, 7) is 2.78. The van der Waals surface area contributed by atoms with Gasteiger partial charge in [-0.1, -0.05) is 12.7 Å². The van der Waals surface area contributed by atoms with E-state index in [4.69, 9.17) is 0 Å². The van der Waals surface area contributed by atoms with Crippen LogP contribution in [0.4, 0.5) is 4.39 Å². The van der Waals surface area contributed by atoms with Crippen LogP contribution in [-0.4, -0.2) is 5.91 Å². The second kappa shape index (κ2) is 7.47. The maximum atomic E-state index is 11.6. The summed E-state index contributed by atoms with van der Waals surface area (Å²) in [6, 6.07) is 0. The minimum Gasteiger partial charge on any atom is -0.808 e. The first-order valence-corrected chi connectivity index (χ1v) is 3.38. The Bertz CT molecular complexity index is 136. The molecule has 0 saturated carbocycles. The van der Waals surface area contributed by atoms with Crippen molar-refractivity contribution >= 4 is 7.60 Å². The van der Waals surface area contributed by atoms with Gasteiger partial charge in [0.2, 0.25) is 0 Å². The summed E-state index contributed by atoms with van der Waals surface area (Å²) in [6.07, 6.45) is 0.445. The van der Waals surface area contributed by atoms with Crippen LogP contribution in [0.5, 0.6) is 0 Å². The van der Waals surface area contributed by atoms with Crippen molar-refractivity contribution in [3.05, 3.63) is 12.7 Å². The van der Waals surface area contributed by atoms with Gasteiger partial charge in [-0.3, -0.25) is 0 Å². The maximum Gasteiger partial charge on any atom is 1.00 e. The van der Waals surface area contributed by atoms with Crippen LogP contribution in [0.2, 0.25) is 0 Å². The van der Waals surface area contributed by atoms with Crippen LogP contribution in [0, 0.1) is 0 Å². The molecule has 0 aliphatic carbocycles. The van der Waals surface area contributed by atoms with E-state index >= 15 is 0 Å². The summed E-state index contributed by atoms with van der Waals surface area (Å²) in [4.78, 5) is 19.2. The fraction of sp³-hybridized carbons (Fsp3) is 0.333. The second-order valence-corrected chi connectivity index (χ2v) is 2.72. The summed E-state index contributed by atoms with van der Waals surface area (Å²) in [5.74, 6) is -2.44. The molecule has 0 spiro atoms. The zero-order valence-corrected chi connectivity index (χ0v) is 10.8. The van der Waals surface area contributed by atoms with E-state index in [-0.39, 0.29) is 59.1 Å². The van der Waals surface area contributed by atoms with E-state index in [2.05, 4.69) is 6.58 Å². The van der Waals surface area contributed by atoms with E-state index in [0.29, 0.717) is 6.08 Å². The van der Waals surface area contributed by atoms with E-state index in [1.807, 2.05) is 0 Å². The average molecular weight is 184 g/mol. The van der Waals surface area contributed by atoms with Gasteiger partial charge in [-0.05, 0) is 7.60 Å². The molecule has 1 atom stereocenters. The maximum absolute atomic E-state index is 11.6. The van der Waals surface area contributed by atoms with Gasteiger partial charge in [-0.25, -0.2) is 4.39 Å². The molecule has 0 aromatic heterocycles. The molecule has 0 rings (SSSR count). The van der Waals surface area contributed by atoms with Gasteiger partial charge in [0.25, 0.3) is 0 Å². The third-order valence-electron chi connectivity index (χ3n) is 0.497. The van der Waals surface area contributed by atoms with Gasteiger partial charge in [-0.15, -0.1) is 0 Å². The molecule has 0 fully saturated rings. The largest absolute Gasteiger partial charge is 1.00 e. The van der Waals surface area contributed by atoms with Crippen molar-refractivity contribution in [2.24, 2.45) is 0 Å². The number of hydrogen-bond donors (Lipinski definition) is 0. The predicted molar refractivity (Wildman–Crippen MR) is 22.7 cm³/mol. The van der Waals surface area contributed by atoms with Crippen LogP contribution in [-0.2, 0) is 4.57 Å². The molecule has 0 aliphatic heterocycles. The Labute approximate surface area is 103 Å². The van der Waals surface area contributed by atoms with Crippen LogP contribution in [0.1, 0.15) is 0 Å². The van der Waals surface area contributed by atoms with Crippen LogP contribution < -0.4 is 68.9 Å². The molecule has 0 saturated heterocycles. The van der Waals surface area contributed by atoms with Gasteiger partial charge in [0.15, 0.2) is 0 Å². The van der Waals surface area contributed by atoms with E-state index < -0.39 is 13.5 Å². The number of alkyl halides is 1. The van der Waals surface area contributed by atoms with Gasteiger partial charge < -0.3 is 14.4 Å². The SMILES string of the molecule is C=CC(F)P(=O)([O-])[O-].[Na+].[Na+]. The van der Waals surface area contributed by atoms with Gasteiger partial charge >= 0.3 is 59.1 Å². The molecule has 1 unspecified atom stereocenters. The van der Waals surface area contributed by atoms with Crippen molar-refractivity contribution in [1.82, 2.24) is 0 Å². The minimum absolute atomic E-state index is 0. The van der Waals surface area contributed by atoms with Crippen molar-refractivity contribution in [2.75, 3.05) is 0 Å². The third-order valence-corrected chi connectivity index (χ3v) is 1.31. The smallest absolute Gasteiger partial charge is 0.808 e. The normalized spacial score (nSPS) is 12.3. The van der Waals surface area contributed by atoms with Crippen molar-refractivity contribution in [3.63, 3.8) is 0 Å². The summed E-state index contributed by atoms with van der Waals surface area (Å²) in [7, 11) is -5.04. The Morgan fingerprint density at radius 1 is 1.50 bits per heavy atom. The Hall–Kier alpha value is 1.82. The molecule has 0 radical (unpaired) electrons. The summed E-state index contributed by atoms with van der Waals surface area (Å²) < 4.78 is 21.2. The molecular formula is C3H4FNa2O3P. The van der Waals surface area contributed by atoms with E-state index in [1.54, 1.807) is 0 Å². The first-order chi connectivity index (χ1) is 3.48. The summed E-state index contributed by atoms with van der Waals surface area (Å²) >= 11 is 0. The van der Waals surface area contributed by atoms with Crippen molar-refractivity contribution in [1.29, 1.82) is 0 Å². The zero-order valence-electron chi connectivity index (χ0n) is 5.91. The van der Waals surface area contributed by atoms with Crippen LogP contribution in [0.3, 0.4) is 0 Å². The quantitative estimate of drug-likeness (QED) is 0.243. The molecule has 0 aromatic rings. The first-order valence-electron chi connectivity index (χ1n) is 1.77. The number of rotatable bonds is 2. The molecule has 0 aromatic carbocycles. The van der Waals surface area contributed by atoms with E-state index in [9.17, 15) is 18.7 Å². The predicted octanol–water partition coefficient (Wildman–Crippen LogP) is -6.61. The van der Waals surface area contributed by atoms with Crippen molar-refractivity contribution in [2.45, 2.75) is 5.91 Å². The molecule has 3 nitrogen and oxygen atoms in total. The molecule has 0 bridgehead atoms. The van der Waals surface area contributed by atoms with E-state index in [1.165, 1.54) is 0 Å². The number of hydrogen-bond acceptors (Lipinski definition) is 3. The molecule has 0 amide bonds. The van der Waals surface area contributed by atoms with Gasteiger partial charge in [-0.2, -0.15) is 0 Å². The van der Waals surface area contributed by atoms with Gasteiger partial charge in [0.1, 0.15) is 5.91 Å². The first kappa shape index (κ1) is 17.8. The molecule has 7 heteroatoms. The monoisotopic (exact) mass is 184 g/mol. The van der Waals surface area contributed by atoms with Crippen molar-refractivity contribution in [3.8, 4) is 0 Å². The molecule has 0 heterocycles. The topological polar surface area (TPSA) is 63.2 Å². The fourth-order valence-corrected chi connectivity index (χ4v) is 0.387. The fourth-order valence-electron chi connectivity index (χ4n) is 0.129. The Balaban J connectivity index is -0.000000245. The average Bonchev–Trinajstić information content (AvgIpc) is 1.62. The van der Waals surface area contributed by atoms with Gasteiger partial charge in [0.05, 0.1) is 0 Å². The number of allylic oxidation sites excluding steroid dienone is 1. The Kier molecular flexibility index (Phi) is 13.3. The molecule has 48 valence electrons. The van der Waals surface area contributed by atoms with Crippen molar-refractivity contribution < 1.29 is 77.9 Å². The molecular weight excluding hydrogens is 180 g/mol. The summed E-state index contributed by atoms with van der Waals surface area (Å²) in [5, 5.41) is 0. The van der Waals surface area contributed by atoms with Crippen LogP contribution in [0.15, 0.2) is 12.7 Å². The second-order valence-electron chi connectivity index (χ2n) is 1.15. The zero-order chi connectivity index (χ0) is 6.78. The third kappa shape index (κ3) is 7.92. The summed E-state index contributed by atoms with van der Waals surface area (Å²) in [5.41, 5.74) is 0. The standard InChI is InChI=1S/C3H6FO3P.2Na/c1-2-3(4)8(5,6)7;;/h2-3H,1H2,(H2,5,6,7);;/q;2*+1/p-2. The number of halogens is 1. The van der Waals surface area contributed by atoms with Crippen LogP contribution in [0.25, 0.3) is 0 Å². The molecule has 0 N–H and O–H groups in total. The van der Waals surface area contributed by atoms with Crippen LogP contribution >= 0.6 is 7.60 Å².